The van der Waals surface area contributed by atoms with Gasteiger partial charge in [-0.1, -0.05) is 42.5 Å². The quantitative estimate of drug-likeness (QED) is 0.606. The number of nitrogens with one attached hydrogen (secondary N) is 3. The summed E-state index contributed by atoms with van der Waals surface area (Å²) in [6.07, 6.45) is 1.20. The van der Waals surface area contributed by atoms with E-state index in [1.54, 1.807) is 0 Å². The molecule has 6 nitrogen and oxygen atoms in total. The number of fused-ring (bicyclic) bond motifs is 1. The molecular formula is C21H28N4O2. The van der Waals surface area contributed by atoms with Crippen molar-refractivity contribution < 1.29 is 9.59 Å². The second-order valence-electron chi connectivity index (χ2n) is 6.89. The van der Waals surface area contributed by atoms with Gasteiger partial charge >= 0.3 is 0 Å². The minimum Gasteiger partial charge on any atom is -0.355 e. The standard InChI is InChI=1S/C21H28N4O2/c26-20(15-18-7-3-6-17-5-1-2-8-19(17)18)24-16-21(27)23-9-4-12-25-13-10-22-11-14-25/h1-3,5-8,22H,4,9-16H2,(H,23,27)(H,24,26). The molecule has 0 radical (unpaired) electrons. The summed E-state index contributed by atoms with van der Waals surface area (Å²) < 4.78 is 0. The Hall–Kier alpha value is -2.44. The van der Waals surface area contributed by atoms with Crippen LogP contribution in [-0.4, -0.2) is 62.5 Å². The summed E-state index contributed by atoms with van der Waals surface area (Å²) in [5.41, 5.74) is 0.974. The summed E-state index contributed by atoms with van der Waals surface area (Å²) in [6.45, 7) is 5.87. The highest BCUT2D eigenvalue weighted by Crippen LogP contribution is 2.18. The van der Waals surface area contributed by atoms with E-state index in [-0.39, 0.29) is 24.8 Å². The maximum atomic E-state index is 12.2. The SMILES string of the molecule is O=C(CNC(=O)Cc1cccc2ccccc12)NCCCN1CCNCC1. The van der Waals surface area contributed by atoms with E-state index >= 15 is 0 Å². The van der Waals surface area contributed by atoms with E-state index in [4.69, 9.17) is 0 Å². The molecule has 1 fully saturated rings. The first-order valence-corrected chi connectivity index (χ1v) is 9.65. The third kappa shape index (κ3) is 6.05. The molecule has 2 aromatic rings. The first-order chi connectivity index (χ1) is 13.2. The highest BCUT2D eigenvalue weighted by atomic mass is 16.2. The number of carbonyl (C=O) groups is 2. The lowest BCUT2D eigenvalue weighted by molar-refractivity contribution is -0.125. The van der Waals surface area contributed by atoms with E-state index in [1.165, 1.54) is 0 Å². The minimum absolute atomic E-state index is 0.0250. The summed E-state index contributed by atoms with van der Waals surface area (Å²) in [4.78, 5) is 26.5. The van der Waals surface area contributed by atoms with Gasteiger partial charge in [-0.15, -0.1) is 0 Å². The smallest absolute Gasteiger partial charge is 0.239 e. The van der Waals surface area contributed by atoms with Crippen LogP contribution in [0.15, 0.2) is 42.5 Å². The van der Waals surface area contributed by atoms with Crippen LogP contribution in [0.5, 0.6) is 0 Å². The zero-order chi connectivity index (χ0) is 18.9. The summed E-state index contributed by atoms with van der Waals surface area (Å²) in [7, 11) is 0. The Morgan fingerprint density at radius 1 is 0.963 bits per heavy atom. The number of hydrogen-bond donors (Lipinski definition) is 3. The number of nitrogens with zero attached hydrogens (tertiary/aromatic N) is 1. The lowest BCUT2D eigenvalue weighted by Crippen LogP contribution is -2.44. The van der Waals surface area contributed by atoms with E-state index in [2.05, 4.69) is 20.9 Å². The van der Waals surface area contributed by atoms with Gasteiger partial charge in [-0.25, -0.2) is 0 Å². The molecule has 0 aromatic heterocycles. The van der Waals surface area contributed by atoms with Crippen LogP contribution in [0.1, 0.15) is 12.0 Å². The molecule has 0 spiro atoms. The molecule has 0 saturated carbocycles. The van der Waals surface area contributed by atoms with Gasteiger partial charge in [0, 0.05) is 32.7 Å². The van der Waals surface area contributed by atoms with Crippen LogP contribution in [0.3, 0.4) is 0 Å². The van der Waals surface area contributed by atoms with E-state index in [9.17, 15) is 9.59 Å². The second-order valence-corrected chi connectivity index (χ2v) is 6.89. The molecule has 1 aliphatic heterocycles. The molecule has 6 heteroatoms. The normalized spacial score (nSPS) is 14.8. The number of carbonyl (C=O) groups excluding carboxylic acids is 2. The fraction of sp³-hybridized carbons (Fsp3) is 0.429. The molecule has 2 amide bonds. The van der Waals surface area contributed by atoms with Gasteiger partial charge in [0.2, 0.25) is 11.8 Å². The molecule has 1 saturated heterocycles. The van der Waals surface area contributed by atoms with Crippen LogP contribution in [0, 0.1) is 0 Å². The van der Waals surface area contributed by atoms with Crippen LogP contribution < -0.4 is 16.0 Å². The molecule has 144 valence electrons. The van der Waals surface area contributed by atoms with Crippen LogP contribution >= 0.6 is 0 Å². The third-order valence-electron chi connectivity index (χ3n) is 4.86. The topological polar surface area (TPSA) is 73.5 Å². The zero-order valence-electron chi connectivity index (χ0n) is 15.7. The lowest BCUT2D eigenvalue weighted by Gasteiger charge is -2.27. The van der Waals surface area contributed by atoms with E-state index in [0.29, 0.717) is 6.54 Å². The van der Waals surface area contributed by atoms with E-state index in [1.807, 2.05) is 42.5 Å². The molecule has 0 atom stereocenters. The molecule has 3 N–H and O–H groups in total. The molecule has 1 aliphatic rings. The average Bonchev–Trinajstić information content (AvgIpc) is 2.71. The van der Waals surface area contributed by atoms with Gasteiger partial charge in [-0.2, -0.15) is 0 Å². The Morgan fingerprint density at radius 3 is 2.59 bits per heavy atom. The summed E-state index contributed by atoms with van der Waals surface area (Å²) in [5, 5.41) is 11.1. The van der Waals surface area contributed by atoms with Crippen molar-refractivity contribution >= 4 is 22.6 Å². The summed E-state index contributed by atoms with van der Waals surface area (Å²) in [6, 6.07) is 13.9. The van der Waals surface area contributed by atoms with Crippen molar-refractivity contribution in [1.29, 1.82) is 0 Å². The van der Waals surface area contributed by atoms with Gasteiger partial charge < -0.3 is 20.9 Å². The number of benzene rings is 2. The van der Waals surface area contributed by atoms with Gasteiger partial charge in [-0.3, -0.25) is 9.59 Å². The molecule has 0 bridgehead atoms. The van der Waals surface area contributed by atoms with Crippen molar-refractivity contribution in [3.63, 3.8) is 0 Å². The van der Waals surface area contributed by atoms with Crippen LogP contribution in [0.4, 0.5) is 0 Å². The first-order valence-electron chi connectivity index (χ1n) is 9.65. The van der Waals surface area contributed by atoms with Crippen LogP contribution in [0.2, 0.25) is 0 Å². The maximum absolute atomic E-state index is 12.2. The highest BCUT2D eigenvalue weighted by molar-refractivity contribution is 5.91. The number of piperazine rings is 1. The predicted octanol–water partition coefficient (Wildman–Crippen LogP) is 0.910. The predicted molar refractivity (Wildman–Crippen MR) is 108 cm³/mol. The molecular weight excluding hydrogens is 340 g/mol. The van der Waals surface area contributed by atoms with Crippen molar-refractivity contribution in [1.82, 2.24) is 20.9 Å². The summed E-state index contributed by atoms with van der Waals surface area (Å²) >= 11 is 0. The number of rotatable bonds is 8. The largest absolute Gasteiger partial charge is 0.355 e. The van der Waals surface area contributed by atoms with Crippen molar-refractivity contribution in [3.8, 4) is 0 Å². The van der Waals surface area contributed by atoms with Gasteiger partial charge in [0.05, 0.1) is 13.0 Å². The number of hydrogen-bond acceptors (Lipinski definition) is 4. The van der Waals surface area contributed by atoms with Crippen molar-refractivity contribution in [2.75, 3.05) is 45.8 Å². The fourth-order valence-corrected chi connectivity index (χ4v) is 3.39. The van der Waals surface area contributed by atoms with E-state index < -0.39 is 0 Å². The second kappa shape index (κ2) is 10.0. The van der Waals surface area contributed by atoms with Gasteiger partial charge in [0.1, 0.15) is 0 Å². The number of amides is 2. The van der Waals surface area contributed by atoms with Crippen molar-refractivity contribution in [2.45, 2.75) is 12.8 Å². The molecule has 1 heterocycles. The lowest BCUT2D eigenvalue weighted by atomic mass is 10.0. The zero-order valence-corrected chi connectivity index (χ0v) is 15.7. The first kappa shape index (κ1) is 19.3. The van der Waals surface area contributed by atoms with Crippen molar-refractivity contribution in [2.24, 2.45) is 0 Å². The highest BCUT2D eigenvalue weighted by Gasteiger charge is 2.10. The van der Waals surface area contributed by atoms with Crippen LogP contribution in [0.25, 0.3) is 10.8 Å². The molecule has 27 heavy (non-hydrogen) atoms. The Morgan fingerprint density at radius 2 is 1.74 bits per heavy atom. The molecule has 2 aromatic carbocycles. The van der Waals surface area contributed by atoms with Crippen molar-refractivity contribution in [3.05, 3.63) is 48.0 Å². The monoisotopic (exact) mass is 368 g/mol. The molecule has 3 rings (SSSR count). The van der Waals surface area contributed by atoms with Gasteiger partial charge in [0.25, 0.3) is 0 Å². The fourth-order valence-electron chi connectivity index (χ4n) is 3.39. The van der Waals surface area contributed by atoms with E-state index in [0.717, 1.165) is 55.5 Å². The average molecular weight is 368 g/mol. The maximum Gasteiger partial charge on any atom is 0.239 e. The van der Waals surface area contributed by atoms with Gasteiger partial charge in [-0.05, 0) is 29.3 Å². The summed E-state index contributed by atoms with van der Waals surface area (Å²) in [5.74, 6) is -0.274. The molecule has 0 unspecified atom stereocenters. The Bertz CT molecular complexity index is 766. The Balaban J connectivity index is 1.35. The Labute approximate surface area is 160 Å². The van der Waals surface area contributed by atoms with Crippen LogP contribution in [-0.2, 0) is 16.0 Å². The minimum atomic E-state index is -0.137. The molecule has 0 aliphatic carbocycles. The van der Waals surface area contributed by atoms with Gasteiger partial charge in [0.15, 0.2) is 0 Å². The Kier molecular flexibility index (Phi) is 7.19. The third-order valence-corrected chi connectivity index (χ3v) is 4.86.